The first kappa shape index (κ1) is 12.7. The molecule has 0 saturated heterocycles. The zero-order chi connectivity index (χ0) is 12.2. The SMILES string of the molecule is [CH2+]C1(C)CC(N=C=O)CC(C)(CN=C=O)C1. The lowest BCUT2D eigenvalue weighted by Gasteiger charge is -2.40. The minimum atomic E-state index is -0.129. The molecule has 16 heavy (non-hydrogen) atoms. The minimum absolute atomic E-state index is 0.0550. The van der Waals surface area contributed by atoms with Crippen LogP contribution < -0.4 is 0 Å². The number of hydrogen-bond donors (Lipinski definition) is 0. The van der Waals surface area contributed by atoms with Crippen LogP contribution >= 0.6 is 0 Å². The molecule has 4 nitrogen and oxygen atoms in total. The maximum atomic E-state index is 10.3. The Morgan fingerprint density at radius 1 is 1.31 bits per heavy atom. The van der Waals surface area contributed by atoms with Crippen LogP contribution in [0.4, 0.5) is 0 Å². The van der Waals surface area contributed by atoms with Crippen LogP contribution in [0, 0.1) is 17.8 Å². The van der Waals surface area contributed by atoms with Gasteiger partial charge in [0, 0.05) is 12.8 Å². The minimum Gasteiger partial charge on any atom is -0.211 e. The molecule has 0 aliphatic heterocycles. The Labute approximate surface area is 95.9 Å². The standard InChI is InChI=1S/C12H17N2O2/c1-11(2)4-10(14-9-16)5-12(3,6-11)7-13-8-15/h10H,1,4-7H2,2-3H3/q+1. The molecule has 1 saturated carbocycles. The van der Waals surface area contributed by atoms with Gasteiger partial charge in [-0.2, -0.15) is 0 Å². The maximum Gasteiger partial charge on any atom is 0.235 e. The molecule has 0 spiro atoms. The normalized spacial score (nSPS) is 38.2. The Morgan fingerprint density at radius 3 is 2.56 bits per heavy atom. The van der Waals surface area contributed by atoms with Gasteiger partial charge in [0.1, 0.15) is 5.41 Å². The average Bonchev–Trinajstić information content (AvgIpc) is 2.12. The first-order valence-corrected chi connectivity index (χ1v) is 5.37. The fraction of sp³-hybridized carbons (Fsp3) is 0.750. The van der Waals surface area contributed by atoms with E-state index in [-0.39, 0.29) is 16.9 Å². The molecule has 0 aromatic carbocycles. The van der Waals surface area contributed by atoms with Crippen LogP contribution in [-0.4, -0.2) is 24.7 Å². The smallest absolute Gasteiger partial charge is 0.211 e. The molecule has 3 atom stereocenters. The molecule has 0 aromatic rings. The molecule has 86 valence electrons. The summed E-state index contributed by atoms with van der Waals surface area (Å²) in [6.45, 7) is 8.65. The topological polar surface area (TPSA) is 58.9 Å². The lowest BCUT2D eigenvalue weighted by atomic mass is 9.63. The van der Waals surface area contributed by atoms with Crippen LogP contribution in [-0.2, 0) is 9.59 Å². The predicted octanol–water partition coefficient (Wildman–Crippen LogP) is 2.06. The highest BCUT2D eigenvalue weighted by atomic mass is 16.1. The molecule has 1 aliphatic rings. The van der Waals surface area contributed by atoms with Crippen LogP contribution in [0.3, 0.4) is 0 Å². The van der Waals surface area contributed by atoms with Crippen LogP contribution in [0.15, 0.2) is 9.98 Å². The van der Waals surface area contributed by atoms with Crippen LogP contribution in [0.25, 0.3) is 0 Å². The average molecular weight is 221 g/mol. The molecular formula is C12H17N2O2+. The number of rotatable bonds is 3. The molecule has 0 amide bonds. The van der Waals surface area contributed by atoms with Gasteiger partial charge in [0.05, 0.1) is 19.5 Å². The summed E-state index contributed by atoms with van der Waals surface area (Å²) in [6, 6.07) is -0.0550. The summed E-state index contributed by atoms with van der Waals surface area (Å²) in [5.74, 6) is 0. The molecule has 3 unspecified atom stereocenters. The fourth-order valence-corrected chi connectivity index (χ4v) is 2.89. The fourth-order valence-electron chi connectivity index (χ4n) is 2.89. The van der Waals surface area contributed by atoms with E-state index in [4.69, 9.17) is 0 Å². The van der Waals surface area contributed by atoms with Gasteiger partial charge < -0.3 is 0 Å². The zero-order valence-corrected chi connectivity index (χ0v) is 9.82. The van der Waals surface area contributed by atoms with Crippen molar-refractivity contribution in [2.24, 2.45) is 20.8 Å². The molecule has 0 N–H and O–H groups in total. The van der Waals surface area contributed by atoms with Crippen LogP contribution in [0.2, 0.25) is 0 Å². The van der Waals surface area contributed by atoms with Crippen LogP contribution in [0.1, 0.15) is 33.1 Å². The molecule has 1 aliphatic carbocycles. The van der Waals surface area contributed by atoms with Gasteiger partial charge in [0.15, 0.2) is 0 Å². The van der Waals surface area contributed by atoms with Gasteiger partial charge in [-0.1, -0.05) is 6.92 Å². The molecule has 1 fully saturated rings. The van der Waals surface area contributed by atoms with Gasteiger partial charge >= 0.3 is 0 Å². The molecule has 0 radical (unpaired) electrons. The third kappa shape index (κ3) is 3.34. The molecule has 1 rings (SSSR count). The molecular weight excluding hydrogens is 204 g/mol. The van der Waals surface area contributed by atoms with Gasteiger partial charge in [-0.25, -0.2) is 19.6 Å². The van der Waals surface area contributed by atoms with E-state index in [1.54, 1.807) is 12.2 Å². The van der Waals surface area contributed by atoms with Crippen molar-refractivity contribution in [2.75, 3.05) is 6.54 Å². The Hall–Kier alpha value is -1.37. The van der Waals surface area contributed by atoms with E-state index < -0.39 is 0 Å². The molecule has 0 aromatic heterocycles. The Kier molecular flexibility index (Phi) is 3.69. The molecule has 0 bridgehead atoms. The largest absolute Gasteiger partial charge is 0.235 e. The second-order valence-electron chi connectivity index (χ2n) is 5.49. The number of aliphatic imine (C=N–C) groups is 2. The highest BCUT2D eigenvalue weighted by Gasteiger charge is 2.45. The second-order valence-corrected chi connectivity index (χ2v) is 5.49. The van der Waals surface area contributed by atoms with E-state index >= 15 is 0 Å². The number of nitrogens with zero attached hydrogens (tertiary/aromatic N) is 2. The van der Waals surface area contributed by atoms with Gasteiger partial charge in [-0.3, -0.25) is 0 Å². The Morgan fingerprint density at radius 2 is 2.00 bits per heavy atom. The van der Waals surface area contributed by atoms with E-state index in [1.165, 1.54) is 0 Å². The summed E-state index contributed by atoms with van der Waals surface area (Å²) in [5.41, 5.74) is -0.256. The van der Waals surface area contributed by atoms with Gasteiger partial charge in [0.2, 0.25) is 12.2 Å². The lowest BCUT2D eigenvalue weighted by molar-refractivity contribution is 0.110. The Bertz CT molecular complexity index is 352. The summed E-state index contributed by atoms with van der Waals surface area (Å²) in [5, 5.41) is 0. The summed E-state index contributed by atoms with van der Waals surface area (Å²) < 4.78 is 0. The number of hydrogen-bond acceptors (Lipinski definition) is 4. The van der Waals surface area contributed by atoms with E-state index in [9.17, 15) is 9.59 Å². The third-order valence-corrected chi connectivity index (χ3v) is 3.07. The van der Waals surface area contributed by atoms with Crippen molar-refractivity contribution in [2.45, 2.75) is 39.2 Å². The molecule has 4 heteroatoms. The first-order chi connectivity index (χ1) is 7.41. The summed E-state index contributed by atoms with van der Waals surface area (Å²) in [6.07, 6.45) is 5.57. The van der Waals surface area contributed by atoms with E-state index in [0.29, 0.717) is 6.54 Å². The first-order valence-electron chi connectivity index (χ1n) is 5.37. The van der Waals surface area contributed by atoms with Crippen molar-refractivity contribution in [1.29, 1.82) is 0 Å². The number of isocyanates is 2. The predicted molar refractivity (Wildman–Crippen MR) is 60.3 cm³/mol. The summed E-state index contributed by atoms with van der Waals surface area (Å²) in [4.78, 5) is 27.9. The van der Waals surface area contributed by atoms with E-state index in [0.717, 1.165) is 19.3 Å². The monoisotopic (exact) mass is 221 g/mol. The van der Waals surface area contributed by atoms with Crippen molar-refractivity contribution in [3.05, 3.63) is 6.92 Å². The maximum absolute atomic E-state index is 10.3. The Balaban J connectivity index is 2.85. The van der Waals surface area contributed by atoms with E-state index in [1.807, 2.05) is 13.8 Å². The summed E-state index contributed by atoms with van der Waals surface area (Å²) >= 11 is 0. The van der Waals surface area contributed by atoms with E-state index in [2.05, 4.69) is 16.9 Å². The van der Waals surface area contributed by atoms with Crippen molar-refractivity contribution in [3.63, 3.8) is 0 Å². The molecule has 0 heterocycles. The van der Waals surface area contributed by atoms with Crippen molar-refractivity contribution in [3.8, 4) is 0 Å². The van der Waals surface area contributed by atoms with Crippen molar-refractivity contribution in [1.82, 2.24) is 0 Å². The van der Waals surface area contributed by atoms with Crippen molar-refractivity contribution < 1.29 is 9.59 Å². The quantitative estimate of drug-likeness (QED) is 0.416. The zero-order valence-electron chi connectivity index (χ0n) is 9.82. The van der Waals surface area contributed by atoms with Gasteiger partial charge in [0.25, 0.3) is 0 Å². The highest BCUT2D eigenvalue weighted by molar-refractivity contribution is 5.34. The third-order valence-electron chi connectivity index (χ3n) is 3.07. The van der Waals surface area contributed by atoms with Gasteiger partial charge in [-0.15, -0.1) is 0 Å². The highest BCUT2D eigenvalue weighted by Crippen LogP contribution is 2.46. The van der Waals surface area contributed by atoms with Gasteiger partial charge in [-0.05, 0) is 18.8 Å². The second kappa shape index (κ2) is 4.65. The van der Waals surface area contributed by atoms with Crippen molar-refractivity contribution >= 4 is 12.2 Å². The number of carbonyl (C=O) groups excluding carboxylic acids is 2. The lowest BCUT2D eigenvalue weighted by Crippen LogP contribution is -2.39. The van der Waals surface area contributed by atoms with Crippen LogP contribution in [0.5, 0.6) is 0 Å². The summed E-state index contributed by atoms with van der Waals surface area (Å²) in [7, 11) is 0.